The first-order valence-corrected chi connectivity index (χ1v) is 7.70. The van der Waals surface area contributed by atoms with Gasteiger partial charge < -0.3 is 0 Å². The fraction of sp³-hybridized carbons (Fsp3) is 0.692. The predicted molar refractivity (Wildman–Crippen MR) is 74.9 cm³/mol. The Morgan fingerprint density at radius 3 is 2.56 bits per heavy atom. The minimum absolute atomic E-state index is 0.803. The molecule has 0 unspecified atom stereocenters. The maximum absolute atomic E-state index is 3.53. The molecule has 16 heavy (non-hydrogen) atoms. The molecule has 0 saturated heterocycles. The molecule has 1 nitrogen and oxygen atoms in total. The van der Waals surface area contributed by atoms with Gasteiger partial charge in [0.25, 0.3) is 0 Å². The van der Waals surface area contributed by atoms with Crippen molar-refractivity contribution in [2.75, 3.05) is 7.05 Å². The van der Waals surface area contributed by atoms with Crippen LogP contribution < -0.4 is 0 Å². The smallest absolute Gasteiger partial charge is 0.0701 e. The Balaban J connectivity index is 1.85. The molecule has 1 aromatic heterocycles. The Morgan fingerprint density at radius 2 is 2.00 bits per heavy atom. The van der Waals surface area contributed by atoms with Crippen LogP contribution in [-0.4, -0.2) is 18.0 Å². The Hall–Kier alpha value is 0.140. The summed E-state index contributed by atoms with van der Waals surface area (Å²) in [6, 6.07) is 5.19. The first kappa shape index (κ1) is 12.6. The summed E-state index contributed by atoms with van der Waals surface area (Å²) in [6.07, 6.45) is 5.57. The van der Waals surface area contributed by atoms with Crippen LogP contribution in [0.4, 0.5) is 0 Å². The fourth-order valence-corrected chi connectivity index (χ4v) is 4.04. The van der Waals surface area contributed by atoms with Gasteiger partial charge in [0, 0.05) is 17.5 Å². The SMILES string of the molecule is CC1CCC(N(C)Cc2ccc(Br)s2)CC1. The molecule has 0 bridgehead atoms. The number of halogens is 1. The molecule has 1 aliphatic rings. The van der Waals surface area contributed by atoms with Gasteiger partial charge >= 0.3 is 0 Å². The highest BCUT2D eigenvalue weighted by Gasteiger charge is 2.21. The second-order valence-corrected chi connectivity index (χ2v) is 7.58. The van der Waals surface area contributed by atoms with Crippen molar-refractivity contribution in [3.8, 4) is 0 Å². The molecule has 1 fully saturated rings. The van der Waals surface area contributed by atoms with Crippen LogP contribution in [0.1, 0.15) is 37.5 Å². The van der Waals surface area contributed by atoms with Crippen molar-refractivity contribution in [1.29, 1.82) is 0 Å². The average molecular weight is 302 g/mol. The van der Waals surface area contributed by atoms with E-state index in [0.717, 1.165) is 18.5 Å². The van der Waals surface area contributed by atoms with Gasteiger partial charge in [0.2, 0.25) is 0 Å². The van der Waals surface area contributed by atoms with Crippen molar-refractivity contribution in [2.24, 2.45) is 5.92 Å². The second-order valence-electron chi connectivity index (χ2n) is 5.03. The predicted octanol–water partition coefficient (Wildman–Crippen LogP) is 4.52. The van der Waals surface area contributed by atoms with Crippen molar-refractivity contribution >= 4 is 27.3 Å². The molecule has 1 heterocycles. The molecule has 0 aliphatic heterocycles. The van der Waals surface area contributed by atoms with Crippen LogP contribution >= 0.6 is 27.3 Å². The maximum atomic E-state index is 3.53. The van der Waals surface area contributed by atoms with Crippen molar-refractivity contribution in [1.82, 2.24) is 4.90 Å². The van der Waals surface area contributed by atoms with E-state index in [9.17, 15) is 0 Å². The highest BCUT2D eigenvalue weighted by molar-refractivity contribution is 9.11. The summed E-state index contributed by atoms with van der Waals surface area (Å²) in [6.45, 7) is 3.49. The second kappa shape index (κ2) is 5.65. The van der Waals surface area contributed by atoms with Gasteiger partial charge in [-0.05, 0) is 66.7 Å². The van der Waals surface area contributed by atoms with Crippen LogP contribution in [0.15, 0.2) is 15.9 Å². The molecule has 0 atom stereocenters. The molecule has 0 spiro atoms. The van der Waals surface area contributed by atoms with Crippen molar-refractivity contribution in [3.63, 3.8) is 0 Å². The third-order valence-electron chi connectivity index (χ3n) is 3.64. The first-order valence-electron chi connectivity index (χ1n) is 6.09. The molecule has 1 saturated carbocycles. The van der Waals surface area contributed by atoms with Gasteiger partial charge in [-0.1, -0.05) is 6.92 Å². The molecule has 0 N–H and O–H groups in total. The van der Waals surface area contributed by atoms with Gasteiger partial charge in [-0.3, -0.25) is 4.90 Å². The zero-order chi connectivity index (χ0) is 11.5. The number of hydrogen-bond acceptors (Lipinski definition) is 2. The Labute approximate surface area is 111 Å². The third kappa shape index (κ3) is 3.31. The Bertz CT molecular complexity index is 328. The van der Waals surface area contributed by atoms with Gasteiger partial charge in [-0.15, -0.1) is 11.3 Å². The van der Waals surface area contributed by atoms with Crippen LogP contribution in [0, 0.1) is 5.92 Å². The van der Waals surface area contributed by atoms with Crippen molar-refractivity contribution < 1.29 is 0 Å². The summed E-state index contributed by atoms with van der Waals surface area (Å²) >= 11 is 5.38. The van der Waals surface area contributed by atoms with E-state index < -0.39 is 0 Å². The van der Waals surface area contributed by atoms with E-state index in [1.807, 2.05) is 11.3 Å². The van der Waals surface area contributed by atoms with Gasteiger partial charge in [-0.2, -0.15) is 0 Å². The van der Waals surface area contributed by atoms with E-state index in [4.69, 9.17) is 0 Å². The molecule has 1 aromatic rings. The molecule has 0 aromatic carbocycles. The lowest BCUT2D eigenvalue weighted by Gasteiger charge is -2.33. The van der Waals surface area contributed by atoms with Crippen LogP contribution in [0.5, 0.6) is 0 Å². The first-order chi connectivity index (χ1) is 7.65. The maximum Gasteiger partial charge on any atom is 0.0701 e. The number of thiophene rings is 1. The van der Waals surface area contributed by atoms with E-state index >= 15 is 0 Å². The largest absolute Gasteiger partial charge is 0.298 e. The summed E-state index contributed by atoms with van der Waals surface area (Å²) in [5, 5.41) is 0. The minimum Gasteiger partial charge on any atom is -0.298 e. The molecular weight excluding hydrogens is 282 g/mol. The zero-order valence-corrected chi connectivity index (χ0v) is 12.5. The van der Waals surface area contributed by atoms with E-state index in [1.54, 1.807) is 0 Å². The topological polar surface area (TPSA) is 3.24 Å². The quantitative estimate of drug-likeness (QED) is 0.793. The van der Waals surface area contributed by atoms with Crippen molar-refractivity contribution in [2.45, 2.75) is 45.2 Å². The molecule has 3 heteroatoms. The van der Waals surface area contributed by atoms with E-state index in [-0.39, 0.29) is 0 Å². The van der Waals surface area contributed by atoms with E-state index in [0.29, 0.717) is 0 Å². The van der Waals surface area contributed by atoms with Crippen LogP contribution in [0.25, 0.3) is 0 Å². The van der Waals surface area contributed by atoms with Gasteiger partial charge in [0.05, 0.1) is 3.79 Å². The monoisotopic (exact) mass is 301 g/mol. The average Bonchev–Trinajstić information content (AvgIpc) is 2.65. The summed E-state index contributed by atoms with van der Waals surface area (Å²) < 4.78 is 1.24. The normalized spacial score (nSPS) is 26.2. The third-order valence-corrected chi connectivity index (χ3v) is 5.25. The standard InChI is InChI=1S/C13H20BrNS/c1-10-3-5-11(6-4-10)15(2)9-12-7-8-13(14)16-12/h7-8,10-11H,3-6,9H2,1-2H3. The number of nitrogens with zero attached hydrogens (tertiary/aromatic N) is 1. The molecule has 90 valence electrons. The highest BCUT2D eigenvalue weighted by Crippen LogP contribution is 2.29. The van der Waals surface area contributed by atoms with E-state index in [1.165, 1.54) is 34.3 Å². The Kier molecular flexibility index (Phi) is 4.45. The summed E-state index contributed by atoms with van der Waals surface area (Å²) in [5.41, 5.74) is 0. The summed E-state index contributed by atoms with van der Waals surface area (Å²) in [7, 11) is 2.27. The lowest BCUT2D eigenvalue weighted by atomic mass is 9.87. The number of hydrogen-bond donors (Lipinski definition) is 0. The fourth-order valence-electron chi connectivity index (χ4n) is 2.49. The van der Waals surface area contributed by atoms with Gasteiger partial charge in [0.15, 0.2) is 0 Å². The molecule has 2 rings (SSSR count). The van der Waals surface area contributed by atoms with Gasteiger partial charge in [0.1, 0.15) is 0 Å². The summed E-state index contributed by atoms with van der Waals surface area (Å²) in [4.78, 5) is 4.00. The number of rotatable bonds is 3. The molecular formula is C13H20BrNS. The van der Waals surface area contributed by atoms with E-state index in [2.05, 4.69) is 46.9 Å². The lowest BCUT2D eigenvalue weighted by Crippen LogP contribution is -2.34. The molecule has 0 amide bonds. The minimum atomic E-state index is 0.803. The Morgan fingerprint density at radius 1 is 1.31 bits per heavy atom. The molecule has 1 aliphatic carbocycles. The lowest BCUT2D eigenvalue weighted by molar-refractivity contribution is 0.165. The van der Waals surface area contributed by atoms with Crippen LogP contribution in [0.3, 0.4) is 0 Å². The van der Waals surface area contributed by atoms with Gasteiger partial charge in [-0.25, -0.2) is 0 Å². The highest BCUT2D eigenvalue weighted by atomic mass is 79.9. The molecule has 0 radical (unpaired) electrons. The zero-order valence-electron chi connectivity index (χ0n) is 10.1. The van der Waals surface area contributed by atoms with Crippen LogP contribution in [-0.2, 0) is 6.54 Å². The van der Waals surface area contributed by atoms with Crippen LogP contribution in [0.2, 0.25) is 0 Å². The van der Waals surface area contributed by atoms with Crippen molar-refractivity contribution in [3.05, 3.63) is 20.8 Å². The summed E-state index contributed by atoms with van der Waals surface area (Å²) in [5.74, 6) is 0.945.